The predicted molar refractivity (Wildman–Crippen MR) is 132 cm³/mol. The molecule has 0 unspecified atom stereocenters. The van der Waals surface area contributed by atoms with Crippen molar-refractivity contribution in [2.24, 2.45) is 0 Å². The van der Waals surface area contributed by atoms with Crippen LogP contribution in [0.5, 0.6) is 5.75 Å². The van der Waals surface area contributed by atoms with Crippen LogP contribution in [0.25, 0.3) is 11.0 Å². The van der Waals surface area contributed by atoms with Crippen molar-refractivity contribution in [1.82, 2.24) is 14.8 Å². The van der Waals surface area contributed by atoms with Crippen LogP contribution in [0.3, 0.4) is 0 Å². The maximum atomic E-state index is 13.1. The summed E-state index contributed by atoms with van der Waals surface area (Å²) in [6, 6.07) is 11.4. The third-order valence-corrected chi connectivity index (χ3v) is 6.50. The molecule has 0 N–H and O–H groups in total. The lowest BCUT2D eigenvalue weighted by atomic mass is 9.95. The molecule has 0 atom stereocenters. The van der Waals surface area contributed by atoms with Crippen molar-refractivity contribution in [2.75, 3.05) is 0 Å². The molecule has 0 spiro atoms. The van der Waals surface area contributed by atoms with Gasteiger partial charge in [-0.2, -0.15) is 0 Å². The third-order valence-electron chi connectivity index (χ3n) is 5.48. The van der Waals surface area contributed by atoms with Gasteiger partial charge in [0.2, 0.25) is 0 Å². The number of halogens is 1. The summed E-state index contributed by atoms with van der Waals surface area (Å²) in [5.74, 6) is 1.73. The average Bonchev–Trinajstić information content (AvgIpc) is 3.18. The molecule has 0 aliphatic heterocycles. The van der Waals surface area contributed by atoms with Crippen molar-refractivity contribution < 1.29 is 13.5 Å². The third kappa shape index (κ3) is 5.22. The molecule has 2 aromatic heterocycles. The van der Waals surface area contributed by atoms with Crippen LogP contribution in [0.4, 0.5) is 4.39 Å². The molecule has 2 heterocycles. The molecule has 0 amide bonds. The fraction of sp³-hybridized carbons (Fsp3) is 0.269. The Balaban J connectivity index is 1.58. The van der Waals surface area contributed by atoms with E-state index in [1.54, 1.807) is 24.3 Å². The number of aromatic nitrogens is 3. The van der Waals surface area contributed by atoms with Gasteiger partial charge in [0.1, 0.15) is 23.8 Å². The summed E-state index contributed by atoms with van der Waals surface area (Å²) in [6.45, 7) is 10.8. The zero-order valence-corrected chi connectivity index (χ0v) is 20.2. The molecule has 176 valence electrons. The first-order valence-electron chi connectivity index (χ1n) is 11.0. The van der Waals surface area contributed by atoms with Crippen LogP contribution in [0.2, 0.25) is 0 Å². The first-order chi connectivity index (χ1) is 16.4. The van der Waals surface area contributed by atoms with E-state index in [-0.39, 0.29) is 18.0 Å². The molecule has 8 heteroatoms. The molecule has 4 aromatic rings. The Morgan fingerprint density at radius 1 is 1.21 bits per heavy atom. The number of thioether (sulfide) groups is 1. The van der Waals surface area contributed by atoms with Crippen molar-refractivity contribution in [3.8, 4) is 5.75 Å². The van der Waals surface area contributed by atoms with Crippen LogP contribution in [0.1, 0.15) is 42.3 Å². The van der Waals surface area contributed by atoms with Crippen LogP contribution in [0, 0.1) is 12.7 Å². The monoisotopic (exact) mass is 479 g/mol. The summed E-state index contributed by atoms with van der Waals surface area (Å²) >= 11 is 1.48. The molecule has 6 nitrogen and oxygen atoms in total. The second kappa shape index (κ2) is 10.3. The lowest BCUT2D eigenvalue weighted by molar-refractivity contribution is 0.288. The highest BCUT2D eigenvalue weighted by atomic mass is 32.2. The van der Waals surface area contributed by atoms with E-state index in [4.69, 9.17) is 9.15 Å². The molecule has 0 saturated heterocycles. The summed E-state index contributed by atoms with van der Waals surface area (Å²) in [5.41, 5.74) is 3.43. The maximum Gasteiger partial charge on any atom is 0.336 e. The normalized spacial score (nSPS) is 11.3. The van der Waals surface area contributed by atoms with Crippen LogP contribution in [0.15, 0.2) is 69.5 Å². The van der Waals surface area contributed by atoms with Crippen LogP contribution in [-0.4, -0.2) is 14.8 Å². The summed E-state index contributed by atoms with van der Waals surface area (Å²) in [6.07, 6.45) is 1.76. The minimum Gasteiger partial charge on any atom is -0.486 e. The van der Waals surface area contributed by atoms with Crippen molar-refractivity contribution in [3.05, 3.63) is 93.9 Å². The van der Waals surface area contributed by atoms with E-state index in [0.29, 0.717) is 40.5 Å². The predicted octanol–water partition coefficient (Wildman–Crippen LogP) is 6.01. The van der Waals surface area contributed by atoms with E-state index in [1.807, 2.05) is 17.6 Å². The fourth-order valence-corrected chi connectivity index (χ4v) is 4.76. The maximum absolute atomic E-state index is 13.1. The largest absolute Gasteiger partial charge is 0.486 e. The SMILES string of the molecule is C=CCn1c(COc2ccc(F)cc2)nnc1SCc1cc(=O)oc2cc(C)c(C(C)C)cc12. The molecule has 0 radical (unpaired) electrons. The van der Waals surface area contributed by atoms with Gasteiger partial charge < -0.3 is 9.15 Å². The Morgan fingerprint density at radius 2 is 1.97 bits per heavy atom. The van der Waals surface area contributed by atoms with Crippen LogP contribution < -0.4 is 10.4 Å². The molecular formula is C26H26FN3O3S. The summed E-state index contributed by atoms with van der Waals surface area (Å²) in [5, 5.41) is 10.2. The number of allylic oxidation sites excluding steroid dienone is 1. The van der Waals surface area contributed by atoms with Gasteiger partial charge in [-0.15, -0.1) is 16.8 Å². The highest BCUT2D eigenvalue weighted by molar-refractivity contribution is 7.98. The Kier molecular flexibility index (Phi) is 7.17. The van der Waals surface area contributed by atoms with E-state index < -0.39 is 0 Å². The quantitative estimate of drug-likeness (QED) is 0.166. The van der Waals surface area contributed by atoms with E-state index in [0.717, 1.165) is 16.5 Å². The van der Waals surface area contributed by atoms with Crippen molar-refractivity contribution in [1.29, 1.82) is 0 Å². The molecule has 0 fully saturated rings. The van der Waals surface area contributed by atoms with Crippen LogP contribution >= 0.6 is 11.8 Å². The second-order valence-electron chi connectivity index (χ2n) is 8.28. The lowest BCUT2D eigenvalue weighted by Crippen LogP contribution is -2.08. The zero-order valence-electron chi connectivity index (χ0n) is 19.4. The minimum absolute atomic E-state index is 0.182. The minimum atomic E-state index is -0.374. The highest BCUT2D eigenvalue weighted by Crippen LogP contribution is 2.30. The molecule has 4 rings (SSSR count). The van der Waals surface area contributed by atoms with Gasteiger partial charge in [-0.05, 0) is 65.9 Å². The Labute approximate surface area is 201 Å². The highest BCUT2D eigenvalue weighted by Gasteiger charge is 2.16. The fourth-order valence-electron chi connectivity index (χ4n) is 3.80. The first-order valence-corrected chi connectivity index (χ1v) is 12.0. The summed E-state index contributed by atoms with van der Waals surface area (Å²) < 4.78 is 26.2. The van der Waals surface area contributed by atoms with Gasteiger partial charge in [-0.1, -0.05) is 31.7 Å². The topological polar surface area (TPSA) is 70.2 Å². The van der Waals surface area contributed by atoms with E-state index in [2.05, 4.69) is 36.7 Å². The Bertz CT molecular complexity index is 1380. The molecule has 0 aliphatic rings. The average molecular weight is 480 g/mol. The number of benzene rings is 2. The summed E-state index contributed by atoms with van der Waals surface area (Å²) in [7, 11) is 0. The number of rotatable bonds is 9. The van der Waals surface area contributed by atoms with Gasteiger partial charge in [0, 0.05) is 23.8 Å². The molecule has 0 bridgehead atoms. The first kappa shape index (κ1) is 23.8. The summed E-state index contributed by atoms with van der Waals surface area (Å²) in [4.78, 5) is 12.2. The molecule has 0 aliphatic carbocycles. The van der Waals surface area contributed by atoms with Crippen LogP contribution in [-0.2, 0) is 18.9 Å². The van der Waals surface area contributed by atoms with Crippen molar-refractivity contribution in [3.63, 3.8) is 0 Å². The number of nitrogens with zero attached hydrogens (tertiary/aromatic N) is 3. The number of hydrogen-bond acceptors (Lipinski definition) is 6. The van der Waals surface area contributed by atoms with Gasteiger partial charge >= 0.3 is 5.63 Å². The number of ether oxygens (including phenoxy) is 1. The van der Waals surface area contributed by atoms with Gasteiger partial charge in [0.15, 0.2) is 11.0 Å². The van der Waals surface area contributed by atoms with E-state index in [9.17, 15) is 9.18 Å². The van der Waals surface area contributed by atoms with Gasteiger partial charge in [0.25, 0.3) is 0 Å². The van der Waals surface area contributed by atoms with Crippen molar-refractivity contribution >= 4 is 22.7 Å². The zero-order chi connectivity index (χ0) is 24.2. The van der Waals surface area contributed by atoms with E-state index in [1.165, 1.54) is 29.5 Å². The molecule has 34 heavy (non-hydrogen) atoms. The lowest BCUT2D eigenvalue weighted by Gasteiger charge is -2.13. The van der Waals surface area contributed by atoms with Crippen molar-refractivity contribution in [2.45, 2.75) is 50.8 Å². The van der Waals surface area contributed by atoms with Gasteiger partial charge in [-0.3, -0.25) is 4.57 Å². The number of fused-ring (bicyclic) bond motifs is 1. The van der Waals surface area contributed by atoms with Gasteiger partial charge in [0.05, 0.1) is 0 Å². The smallest absolute Gasteiger partial charge is 0.336 e. The Morgan fingerprint density at radius 3 is 2.68 bits per heavy atom. The van der Waals surface area contributed by atoms with Gasteiger partial charge in [-0.25, -0.2) is 9.18 Å². The van der Waals surface area contributed by atoms with E-state index >= 15 is 0 Å². The Hall–Kier alpha value is -3.39. The standard InChI is InChI=1S/C26H26FN3O3S/c1-5-10-30-24(14-32-20-8-6-19(27)7-9-20)28-29-26(30)34-15-18-12-25(31)33-23-11-17(4)21(16(2)3)13-22(18)23/h5-9,11-13,16H,1,10,14-15H2,2-4H3. The number of aryl methyl sites for hydroxylation is 1. The number of hydrogen-bond donors (Lipinski definition) is 0. The second-order valence-corrected chi connectivity index (χ2v) is 9.22. The molecule has 0 saturated carbocycles. The molecular weight excluding hydrogens is 453 g/mol. The molecule has 2 aromatic carbocycles.